The van der Waals surface area contributed by atoms with Gasteiger partial charge in [-0.05, 0) is 43.9 Å². The lowest BCUT2D eigenvalue weighted by atomic mass is 10.00. The van der Waals surface area contributed by atoms with Gasteiger partial charge in [0.1, 0.15) is 0 Å². The van der Waals surface area contributed by atoms with E-state index in [2.05, 4.69) is 41.1 Å². The number of aromatic nitrogens is 1. The molecule has 2 N–H and O–H groups in total. The third-order valence-corrected chi connectivity index (χ3v) is 5.38. The number of carbonyl (C=O) groups is 1. The summed E-state index contributed by atoms with van der Waals surface area (Å²) in [7, 11) is 0. The van der Waals surface area contributed by atoms with E-state index in [1.807, 2.05) is 24.1 Å². The highest BCUT2D eigenvalue weighted by atomic mass is 16.2. The van der Waals surface area contributed by atoms with Crippen LogP contribution in [-0.2, 0) is 4.79 Å². The Morgan fingerprint density at radius 2 is 1.85 bits per heavy atom. The smallest absolute Gasteiger partial charge is 0.225 e. The lowest BCUT2D eigenvalue weighted by molar-refractivity contribution is -0.133. The Bertz CT molecular complexity index is 813. The van der Waals surface area contributed by atoms with Gasteiger partial charge in [-0.2, -0.15) is 0 Å². The molecule has 2 fully saturated rings. The first-order valence-electron chi connectivity index (χ1n) is 9.37. The number of nitrogens with zero attached hydrogens (tertiary/aromatic N) is 3. The molecule has 136 valence electrons. The zero-order valence-corrected chi connectivity index (χ0v) is 15.5. The number of nitrogen functional groups attached to an aromatic ring is 1. The van der Waals surface area contributed by atoms with Crippen LogP contribution in [0.4, 0.5) is 11.5 Å². The van der Waals surface area contributed by atoms with Crippen LogP contribution < -0.4 is 10.6 Å². The molecule has 2 aromatic rings. The second kappa shape index (κ2) is 6.63. The van der Waals surface area contributed by atoms with Crippen molar-refractivity contribution in [2.24, 2.45) is 5.92 Å². The van der Waals surface area contributed by atoms with Gasteiger partial charge < -0.3 is 15.5 Å². The second-order valence-electron chi connectivity index (χ2n) is 7.60. The fraction of sp³-hybridized carbons (Fsp3) is 0.429. The van der Waals surface area contributed by atoms with Crippen LogP contribution in [0.2, 0.25) is 0 Å². The number of hydrogen-bond acceptors (Lipinski definition) is 4. The van der Waals surface area contributed by atoms with Crippen molar-refractivity contribution >= 4 is 17.4 Å². The molecule has 0 spiro atoms. The number of pyridine rings is 1. The number of aryl methyl sites for hydroxylation is 2. The van der Waals surface area contributed by atoms with E-state index in [0.717, 1.165) is 37.3 Å². The zero-order valence-electron chi connectivity index (χ0n) is 15.5. The van der Waals surface area contributed by atoms with Gasteiger partial charge in [-0.25, -0.2) is 4.98 Å². The number of rotatable bonds is 3. The van der Waals surface area contributed by atoms with Crippen LogP contribution in [0.1, 0.15) is 35.6 Å². The molecule has 2 aliphatic rings. The van der Waals surface area contributed by atoms with E-state index in [4.69, 9.17) is 5.73 Å². The lowest BCUT2D eigenvalue weighted by Crippen LogP contribution is -2.51. The van der Waals surface area contributed by atoms with Crippen LogP contribution in [0.15, 0.2) is 36.5 Å². The van der Waals surface area contributed by atoms with Gasteiger partial charge in [0.25, 0.3) is 0 Å². The van der Waals surface area contributed by atoms with Crippen LogP contribution in [-0.4, -0.2) is 35.4 Å². The summed E-state index contributed by atoms with van der Waals surface area (Å²) in [6, 6.07) is 10.6. The molecule has 1 aromatic carbocycles. The van der Waals surface area contributed by atoms with Crippen LogP contribution >= 0.6 is 0 Å². The average Bonchev–Trinajstić information content (AvgIpc) is 3.47. The van der Waals surface area contributed by atoms with Crippen LogP contribution in [0.5, 0.6) is 0 Å². The van der Waals surface area contributed by atoms with Gasteiger partial charge in [-0.1, -0.05) is 29.8 Å². The largest absolute Gasteiger partial charge is 0.396 e. The quantitative estimate of drug-likeness (QED) is 0.924. The monoisotopic (exact) mass is 350 g/mol. The Hall–Kier alpha value is -2.56. The molecular formula is C21H26N4O. The van der Waals surface area contributed by atoms with Gasteiger partial charge in [0.2, 0.25) is 5.91 Å². The van der Waals surface area contributed by atoms with E-state index in [0.29, 0.717) is 18.1 Å². The van der Waals surface area contributed by atoms with E-state index in [1.165, 1.54) is 11.1 Å². The molecule has 0 bridgehead atoms. The fourth-order valence-electron chi connectivity index (χ4n) is 3.72. The van der Waals surface area contributed by atoms with Crippen LogP contribution in [0, 0.1) is 19.8 Å². The van der Waals surface area contributed by atoms with Gasteiger partial charge in [-0.15, -0.1) is 0 Å². The minimum atomic E-state index is 0.0737. The maximum Gasteiger partial charge on any atom is 0.225 e. The molecule has 26 heavy (non-hydrogen) atoms. The first kappa shape index (κ1) is 16.9. The van der Waals surface area contributed by atoms with Gasteiger partial charge in [0.15, 0.2) is 5.82 Å². The van der Waals surface area contributed by atoms with E-state index in [1.54, 1.807) is 0 Å². The summed E-state index contributed by atoms with van der Waals surface area (Å²) < 4.78 is 0. The highest BCUT2D eigenvalue weighted by molar-refractivity contribution is 5.81. The van der Waals surface area contributed by atoms with Crippen LogP contribution in [0.25, 0.3) is 0 Å². The molecule has 1 amide bonds. The van der Waals surface area contributed by atoms with Crippen molar-refractivity contribution in [3.8, 4) is 0 Å². The molecule has 5 heteroatoms. The summed E-state index contributed by atoms with van der Waals surface area (Å²) in [4.78, 5) is 21.5. The number of benzene rings is 1. The van der Waals surface area contributed by atoms with Crippen molar-refractivity contribution in [1.29, 1.82) is 0 Å². The Morgan fingerprint density at radius 3 is 2.50 bits per heavy atom. The van der Waals surface area contributed by atoms with Gasteiger partial charge in [0.05, 0.1) is 11.7 Å². The molecule has 1 saturated heterocycles. The summed E-state index contributed by atoms with van der Waals surface area (Å²) in [5.74, 6) is 1.38. The third kappa shape index (κ3) is 3.26. The Balaban J connectivity index is 1.67. The van der Waals surface area contributed by atoms with Crippen molar-refractivity contribution in [3.05, 3.63) is 53.2 Å². The van der Waals surface area contributed by atoms with Gasteiger partial charge in [-0.3, -0.25) is 4.79 Å². The molecule has 0 radical (unpaired) electrons. The zero-order chi connectivity index (χ0) is 18.3. The predicted molar refractivity (Wildman–Crippen MR) is 104 cm³/mol. The Labute approximate surface area is 154 Å². The van der Waals surface area contributed by atoms with E-state index in [-0.39, 0.29) is 12.0 Å². The van der Waals surface area contributed by atoms with Crippen molar-refractivity contribution in [3.63, 3.8) is 0 Å². The molecule has 5 nitrogen and oxygen atoms in total. The Kier molecular flexibility index (Phi) is 4.31. The maximum atomic E-state index is 12.6. The average molecular weight is 350 g/mol. The summed E-state index contributed by atoms with van der Waals surface area (Å²) in [6.45, 7) is 6.25. The topological polar surface area (TPSA) is 62.5 Å². The third-order valence-electron chi connectivity index (χ3n) is 5.38. The highest BCUT2D eigenvalue weighted by Crippen LogP contribution is 2.36. The molecule has 1 aromatic heterocycles. The SMILES string of the molecule is Cc1ccc(C2CN(C(=O)C3CC3)CCN2c2ncc(C)cc2N)cc1. The lowest BCUT2D eigenvalue weighted by Gasteiger charge is -2.43. The number of hydrogen-bond donors (Lipinski definition) is 1. The van der Waals surface area contributed by atoms with E-state index < -0.39 is 0 Å². The molecule has 1 aliphatic heterocycles. The second-order valence-corrected chi connectivity index (χ2v) is 7.60. The number of carbonyl (C=O) groups excluding carboxylic acids is 1. The normalized spacial score (nSPS) is 20.3. The summed E-state index contributed by atoms with van der Waals surface area (Å²) in [5, 5.41) is 0. The highest BCUT2D eigenvalue weighted by Gasteiger charge is 2.38. The number of amides is 1. The molecule has 4 rings (SSSR count). The van der Waals surface area contributed by atoms with E-state index in [9.17, 15) is 4.79 Å². The van der Waals surface area contributed by atoms with Crippen molar-refractivity contribution in [1.82, 2.24) is 9.88 Å². The maximum absolute atomic E-state index is 12.6. The van der Waals surface area contributed by atoms with Gasteiger partial charge in [0, 0.05) is 31.7 Å². The predicted octanol–water partition coefficient (Wildman–Crippen LogP) is 3.08. The molecule has 1 atom stereocenters. The van der Waals surface area contributed by atoms with E-state index >= 15 is 0 Å². The Morgan fingerprint density at radius 1 is 1.12 bits per heavy atom. The molecule has 1 saturated carbocycles. The summed E-state index contributed by atoms with van der Waals surface area (Å²) in [6.07, 6.45) is 3.95. The first-order chi connectivity index (χ1) is 12.5. The first-order valence-corrected chi connectivity index (χ1v) is 9.37. The molecule has 1 unspecified atom stereocenters. The van der Waals surface area contributed by atoms with Crippen molar-refractivity contribution in [2.75, 3.05) is 30.3 Å². The number of piperazine rings is 1. The van der Waals surface area contributed by atoms with Crippen molar-refractivity contribution in [2.45, 2.75) is 32.7 Å². The standard InChI is InChI=1S/C21H26N4O/c1-14-3-5-16(6-4-14)19-13-24(21(26)17-7-8-17)9-10-25(19)20-18(22)11-15(2)12-23-20/h3-6,11-12,17,19H,7-10,13,22H2,1-2H3. The summed E-state index contributed by atoms with van der Waals surface area (Å²) in [5.41, 5.74) is 10.5. The van der Waals surface area contributed by atoms with Crippen molar-refractivity contribution < 1.29 is 4.79 Å². The summed E-state index contributed by atoms with van der Waals surface area (Å²) >= 11 is 0. The fourth-order valence-corrected chi connectivity index (χ4v) is 3.72. The molecule has 2 heterocycles. The molecule has 1 aliphatic carbocycles. The van der Waals surface area contributed by atoms with Crippen LogP contribution in [0.3, 0.4) is 0 Å². The van der Waals surface area contributed by atoms with Gasteiger partial charge >= 0.3 is 0 Å². The minimum absolute atomic E-state index is 0.0737. The molecular weight excluding hydrogens is 324 g/mol. The number of anilines is 2. The minimum Gasteiger partial charge on any atom is -0.396 e. The number of nitrogens with two attached hydrogens (primary N) is 1.